The molecule has 5 nitrogen and oxygen atoms in total. The number of fused-ring (bicyclic) bond motifs is 4. The predicted molar refractivity (Wildman–Crippen MR) is 159 cm³/mol. The third-order valence-electron chi connectivity index (χ3n) is 11.5. The van der Waals surface area contributed by atoms with E-state index in [2.05, 4.69) is 49.6 Å². The molecular weight excluding hydrogens is 504 g/mol. The van der Waals surface area contributed by atoms with Crippen molar-refractivity contribution >= 4 is 45.5 Å². The van der Waals surface area contributed by atoms with Crippen molar-refractivity contribution in [3.05, 3.63) is 42.5 Å². The first-order valence-electron chi connectivity index (χ1n) is 14.8. The fraction of sp³-hybridized carbons (Fsp3) is 0.606. The largest absolute Gasteiger partial charge is 0.466 e. The van der Waals surface area contributed by atoms with Crippen molar-refractivity contribution in [2.24, 2.45) is 33.5 Å². The molecule has 7 atom stereocenters. The fourth-order valence-corrected chi connectivity index (χ4v) is 10.2. The second-order valence-corrected chi connectivity index (χ2v) is 14.0. The predicted octanol–water partition coefficient (Wildman–Crippen LogP) is 7.04. The molecule has 208 valence electrons. The lowest BCUT2D eigenvalue weighted by Crippen LogP contribution is -2.60. The molecule has 4 aliphatic rings. The van der Waals surface area contributed by atoms with Crippen LogP contribution in [0.3, 0.4) is 0 Å². The molecule has 0 amide bonds. The minimum absolute atomic E-state index is 0.0361. The van der Waals surface area contributed by atoms with Gasteiger partial charge in [0.2, 0.25) is 0 Å². The van der Waals surface area contributed by atoms with Gasteiger partial charge in [0.1, 0.15) is 0 Å². The summed E-state index contributed by atoms with van der Waals surface area (Å²) in [5.74, 6) is 0.855. The molecule has 6 rings (SSSR count). The first-order chi connectivity index (χ1) is 18.6. The molecule has 0 saturated heterocycles. The molecular formula is C33H42N2O3S. The summed E-state index contributed by atoms with van der Waals surface area (Å²) >= 11 is 5.81. The van der Waals surface area contributed by atoms with Gasteiger partial charge in [-0.3, -0.25) is 9.59 Å². The van der Waals surface area contributed by atoms with Crippen LogP contribution in [0.4, 0.5) is 5.69 Å². The summed E-state index contributed by atoms with van der Waals surface area (Å²) in [5, 5.41) is 9.69. The molecule has 4 fully saturated rings. The Bertz CT molecular complexity index is 1340. The highest BCUT2D eigenvalue weighted by Gasteiger charge is 2.71. The standard InChI is InChI=1S/C33H42N2O3S/c1-5-38-28(37)32(4)17-9-16-31(3)24(32)15-19-33-20-30(2,18-14-25(31)33)26(27(33)36)35-29(39)34-23-13-8-11-21-10-6-7-12-22(21)23/h6-8,10-13,24-26H,5,9,14-20H2,1-4H3,(H2,34,35,39)/t24-,25-,26+,30-,31+,32+,33-/m0/s1. The minimum atomic E-state index is -0.464. The molecule has 2 N–H and O–H groups in total. The number of carbonyl (C=O) groups excluding carboxylic acids is 2. The lowest BCUT2D eigenvalue weighted by molar-refractivity contribution is -0.188. The van der Waals surface area contributed by atoms with Crippen LogP contribution in [0.2, 0.25) is 0 Å². The molecule has 2 aromatic rings. The lowest BCUT2D eigenvalue weighted by Gasteiger charge is -2.63. The number of anilines is 1. The molecule has 0 aliphatic heterocycles. The number of esters is 1. The number of thiocarbonyl (C=S) groups is 1. The maximum atomic E-state index is 14.5. The zero-order chi connectivity index (χ0) is 27.6. The van der Waals surface area contributed by atoms with Crippen molar-refractivity contribution in [2.45, 2.75) is 85.1 Å². The smallest absolute Gasteiger partial charge is 0.312 e. The zero-order valence-electron chi connectivity index (χ0n) is 23.8. The molecule has 4 saturated carbocycles. The number of hydrogen-bond donors (Lipinski definition) is 2. The number of hydrogen-bond acceptors (Lipinski definition) is 4. The summed E-state index contributed by atoms with van der Waals surface area (Å²) < 4.78 is 5.61. The lowest BCUT2D eigenvalue weighted by atomic mass is 9.40. The Kier molecular flexibility index (Phi) is 6.37. The number of Topliss-reactive ketones (excluding diaryl/α,β-unsaturated/α-hetero) is 1. The van der Waals surface area contributed by atoms with Gasteiger partial charge in [-0.05, 0) is 105 Å². The van der Waals surface area contributed by atoms with E-state index in [-0.39, 0.29) is 34.2 Å². The number of ketones is 1. The van der Waals surface area contributed by atoms with Crippen LogP contribution in [0.1, 0.15) is 79.1 Å². The van der Waals surface area contributed by atoms with Gasteiger partial charge in [-0.2, -0.15) is 0 Å². The van der Waals surface area contributed by atoms with Gasteiger partial charge in [-0.15, -0.1) is 0 Å². The van der Waals surface area contributed by atoms with Gasteiger partial charge in [0.25, 0.3) is 0 Å². The van der Waals surface area contributed by atoms with Crippen molar-refractivity contribution < 1.29 is 14.3 Å². The highest BCUT2D eigenvalue weighted by Crippen LogP contribution is 2.72. The van der Waals surface area contributed by atoms with Crippen LogP contribution in [0.15, 0.2) is 42.5 Å². The molecule has 0 aromatic heterocycles. The topological polar surface area (TPSA) is 67.4 Å². The summed E-state index contributed by atoms with van der Waals surface area (Å²) in [5.41, 5.74) is -0.00734. The van der Waals surface area contributed by atoms with Gasteiger partial charge in [0, 0.05) is 16.5 Å². The second-order valence-electron chi connectivity index (χ2n) is 13.6. The SMILES string of the molecule is CCOC(=O)[C@]1(C)CCC[C@@]2(C)[C@@H]3CC[C@@]4(C)C[C@]3(CC[C@@H]21)C(=O)[C@H]4NC(=S)Nc1cccc2ccccc12. The van der Waals surface area contributed by atoms with Crippen LogP contribution in [0.25, 0.3) is 10.8 Å². The van der Waals surface area contributed by atoms with Gasteiger partial charge in [0.05, 0.1) is 18.1 Å². The van der Waals surface area contributed by atoms with Crippen molar-refractivity contribution in [3.8, 4) is 0 Å². The third-order valence-corrected chi connectivity index (χ3v) is 11.8. The Labute approximate surface area is 237 Å². The van der Waals surface area contributed by atoms with E-state index in [4.69, 9.17) is 17.0 Å². The molecule has 0 unspecified atom stereocenters. The van der Waals surface area contributed by atoms with Crippen LogP contribution in [0, 0.1) is 33.5 Å². The Morgan fingerprint density at radius 3 is 2.54 bits per heavy atom. The Balaban J connectivity index is 1.26. The Morgan fingerprint density at radius 1 is 1.00 bits per heavy atom. The van der Waals surface area contributed by atoms with Crippen LogP contribution >= 0.6 is 12.2 Å². The zero-order valence-corrected chi connectivity index (χ0v) is 24.6. The van der Waals surface area contributed by atoms with Crippen LogP contribution < -0.4 is 10.6 Å². The number of benzene rings is 2. The summed E-state index contributed by atoms with van der Waals surface area (Å²) in [7, 11) is 0. The molecule has 4 aliphatic carbocycles. The average Bonchev–Trinajstić information content (AvgIpc) is 3.05. The van der Waals surface area contributed by atoms with Gasteiger partial charge in [-0.25, -0.2) is 0 Å². The van der Waals surface area contributed by atoms with Crippen molar-refractivity contribution in [1.29, 1.82) is 0 Å². The first kappa shape index (κ1) is 26.7. The van der Waals surface area contributed by atoms with Gasteiger partial charge >= 0.3 is 5.97 Å². The number of ether oxygens (including phenoxy) is 1. The number of carbonyl (C=O) groups is 2. The Hall–Kier alpha value is -2.47. The first-order valence-corrected chi connectivity index (χ1v) is 15.3. The van der Waals surface area contributed by atoms with E-state index >= 15 is 0 Å². The molecule has 1 spiro atoms. The molecule has 39 heavy (non-hydrogen) atoms. The monoisotopic (exact) mass is 546 g/mol. The van der Waals surface area contributed by atoms with Crippen LogP contribution in [-0.4, -0.2) is 29.5 Å². The van der Waals surface area contributed by atoms with E-state index in [1.54, 1.807) is 0 Å². The fourth-order valence-electron chi connectivity index (χ4n) is 9.92. The maximum Gasteiger partial charge on any atom is 0.312 e. The molecule has 0 radical (unpaired) electrons. The van der Waals surface area contributed by atoms with Gasteiger partial charge in [0.15, 0.2) is 10.9 Å². The molecule has 2 aromatic carbocycles. The van der Waals surface area contributed by atoms with E-state index in [1.807, 2.05) is 31.2 Å². The van der Waals surface area contributed by atoms with E-state index in [1.165, 1.54) is 0 Å². The number of nitrogens with one attached hydrogen (secondary N) is 2. The van der Waals surface area contributed by atoms with Crippen molar-refractivity contribution in [1.82, 2.24) is 5.32 Å². The quantitative estimate of drug-likeness (QED) is 0.317. The molecule has 6 heteroatoms. The second kappa shape index (κ2) is 9.29. The summed E-state index contributed by atoms with van der Waals surface area (Å²) in [6.07, 6.45) is 7.71. The highest BCUT2D eigenvalue weighted by molar-refractivity contribution is 7.80. The van der Waals surface area contributed by atoms with Crippen molar-refractivity contribution in [2.75, 3.05) is 11.9 Å². The number of rotatable bonds is 4. The minimum Gasteiger partial charge on any atom is -0.466 e. The van der Waals surface area contributed by atoms with Crippen molar-refractivity contribution in [3.63, 3.8) is 0 Å². The maximum absolute atomic E-state index is 14.5. The molecule has 2 bridgehead atoms. The van der Waals surface area contributed by atoms with Crippen LogP contribution in [0.5, 0.6) is 0 Å². The Morgan fingerprint density at radius 2 is 1.74 bits per heavy atom. The summed E-state index contributed by atoms with van der Waals surface area (Å²) in [6, 6.07) is 14.1. The molecule has 0 heterocycles. The van der Waals surface area contributed by atoms with E-state index in [0.29, 0.717) is 23.4 Å². The van der Waals surface area contributed by atoms with E-state index < -0.39 is 5.41 Å². The van der Waals surface area contributed by atoms with Gasteiger partial charge < -0.3 is 15.4 Å². The van der Waals surface area contributed by atoms with E-state index in [9.17, 15) is 9.59 Å². The summed E-state index contributed by atoms with van der Waals surface area (Å²) in [4.78, 5) is 27.8. The third kappa shape index (κ3) is 3.88. The average molecular weight is 547 g/mol. The van der Waals surface area contributed by atoms with E-state index in [0.717, 1.165) is 67.8 Å². The highest BCUT2D eigenvalue weighted by atomic mass is 32.1. The summed E-state index contributed by atoms with van der Waals surface area (Å²) in [6.45, 7) is 9.12. The van der Waals surface area contributed by atoms with Gasteiger partial charge in [-0.1, -0.05) is 56.7 Å². The normalized spacial score (nSPS) is 39.0. The van der Waals surface area contributed by atoms with Crippen LogP contribution in [-0.2, 0) is 14.3 Å².